The van der Waals surface area contributed by atoms with E-state index in [9.17, 15) is 4.79 Å². The highest BCUT2D eigenvalue weighted by Crippen LogP contribution is 2.24. The number of hydrogen-bond donors (Lipinski definition) is 1. The molecule has 0 radical (unpaired) electrons. The first kappa shape index (κ1) is 13.3. The Bertz CT molecular complexity index is 417. The Labute approximate surface area is 115 Å². The second-order valence-corrected chi connectivity index (χ2v) is 5.78. The molecule has 0 atom stereocenters. The van der Waals surface area contributed by atoms with Gasteiger partial charge < -0.3 is 10.1 Å². The SMILES string of the molecule is COc1ncccc1C(=O)NC1CCC(Br)CC1. The van der Waals surface area contributed by atoms with E-state index >= 15 is 0 Å². The van der Waals surface area contributed by atoms with Gasteiger partial charge in [-0.1, -0.05) is 15.9 Å². The first-order valence-electron chi connectivity index (χ1n) is 6.14. The number of nitrogens with one attached hydrogen (secondary N) is 1. The molecule has 0 saturated heterocycles. The molecule has 5 heteroatoms. The van der Waals surface area contributed by atoms with Crippen molar-refractivity contribution in [3.8, 4) is 5.88 Å². The Morgan fingerprint density at radius 3 is 2.83 bits per heavy atom. The van der Waals surface area contributed by atoms with Crippen LogP contribution < -0.4 is 10.1 Å². The number of rotatable bonds is 3. The maximum atomic E-state index is 12.1. The smallest absolute Gasteiger partial charge is 0.256 e. The summed E-state index contributed by atoms with van der Waals surface area (Å²) in [5.41, 5.74) is 0.501. The first-order chi connectivity index (χ1) is 8.70. The van der Waals surface area contributed by atoms with E-state index in [1.807, 2.05) is 0 Å². The normalized spacial score (nSPS) is 23.4. The molecule has 4 nitrogen and oxygen atoms in total. The van der Waals surface area contributed by atoms with Crippen LogP contribution in [-0.4, -0.2) is 28.9 Å². The lowest BCUT2D eigenvalue weighted by atomic mass is 9.95. The van der Waals surface area contributed by atoms with Gasteiger partial charge >= 0.3 is 0 Å². The molecule has 1 heterocycles. The number of ether oxygens (including phenoxy) is 1. The second-order valence-electron chi connectivity index (χ2n) is 4.48. The molecule has 1 N–H and O–H groups in total. The summed E-state index contributed by atoms with van der Waals surface area (Å²) in [6.07, 6.45) is 5.87. The number of halogens is 1. The Morgan fingerprint density at radius 1 is 1.44 bits per heavy atom. The molecule has 1 saturated carbocycles. The van der Waals surface area contributed by atoms with E-state index in [1.165, 1.54) is 7.11 Å². The average Bonchev–Trinajstić information content (AvgIpc) is 2.41. The van der Waals surface area contributed by atoms with Crippen molar-refractivity contribution in [2.75, 3.05) is 7.11 Å². The molecular formula is C13H17BrN2O2. The number of alkyl halides is 1. The standard InChI is InChI=1S/C13H17BrN2O2/c1-18-13-11(3-2-8-15-13)12(17)16-10-6-4-9(14)5-7-10/h2-3,8-10H,4-7H2,1H3,(H,16,17). The lowest BCUT2D eigenvalue weighted by Crippen LogP contribution is -2.37. The number of nitrogens with zero attached hydrogens (tertiary/aromatic N) is 1. The molecule has 0 unspecified atom stereocenters. The summed E-state index contributed by atoms with van der Waals surface area (Å²) in [6, 6.07) is 3.74. The largest absolute Gasteiger partial charge is 0.480 e. The zero-order valence-corrected chi connectivity index (χ0v) is 11.9. The zero-order valence-electron chi connectivity index (χ0n) is 10.4. The van der Waals surface area contributed by atoms with Gasteiger partial charge in [0.15, 0.2) is 0 Å². The third kappa shape index (κ3) is 3.22. The summed E-state index contributed by atoms with van der Waals surface area (Å²) in [4.78, 5) is 16.8. The van der Waals surface area contributed by atoms with E-state index in [2.05, 4.69) is 26.2 Å². The molecule has 1 aromatic rings. The third-order valence-electron chi connectivity index (χ3n) is 3.20. The van der Waals surface area contributed by atoms with Gasteiger partial charge in [0.25, 0.3) is 5.91 Å². The summed E-state index contributed by atoms with van der Waals surface area (Å²) in [5.74, 6) is 0.280. The van der Waals surface area contributed by atoms with E-state index in [4.69, 9.17) is 4.74 Å². The molecule has 0 aromatic carbocycles. The van der Waals surface area contributed by atoms with Gasteiger partial charge in [-0.2, -0.15) is 0 Å². The van der Waals surface area contributed by atoms with E-state index in [1.54, 1.807) is 18.3 Å². The predicted octanol–water partition coefficient (Wildman–Crippen LogP) is 2.53. The highest BCUT2D eigenvalue weighted by atomic mass is 79.9. The predicted molar refractivity (Wildman–Crippen MR) is 73.2 cm³/mol. The quantitative estimate of drug-likeness (QED) is 0.873. The van der Waals surface area contributed by atoms with Gasteiger partial charge in [0.1, 0.15) is 5.56 Å². The van der Waals surface area contributed by atoms with Crippen LogP contribution in [0.1, 0.15) is 36.0 Å². The fourth-order valence-corrected chi connectivity index (χ4v) is 2.72. The molecule has 0 aliphatic heterocycles. The van der Waals surface area contributed by atoms with Gasteiger partial charge in [0, 0.05) is 17.1 Å². The van der Waals surface area contributed by atoms with Gasteiger partial charge in [-0.05, 0) is 37.8 Å². The molecular weight excluding hydrogens is 296 g/mol. The van der Waals surface area contributed by atoms with Crippen LogP contribution in [-0.2, 0) is 0 Å². The summed E-state index contributed by atoms with van der Waals surface area (Å²) in [7, 11) is 1.52. The van der Waals surface area contributed by atoms with Crippen molar-refractivity contribution in [3.05, 3.63) is 23.9 Å². The van der Waals surface area contributed by atoms with Gasteiger partial charge in [0.2, 0.25) is 5.88 Å². The summed E-state index contributed by atoms with van der Waals surface area (Å²) in [5, 5.41) is 3.05. The first-order valence-corrected chi connectivity index (χ1v) is 7.06. The topological polar surface area (TPSA) is 51.2 Å². The Kier molecular flexibility index (Phi) is 4.58. The van der Waals surface area contributed by atoms with Crippen molar-refractivity contribution in [2.24, 2.45) is 0 Å². The minimum Gasteiger partial charge on any atom is -0.480 e. The average molecular weight is 313 g/mol. The van der Waals surface area contributed by atoms with Crippen molar-refractivity contribution in [1.29, 1.82) is 0 Å². The Balaban J connectivity index is 1.99. The highest BCUT2D eigenvalue weighted by Gasteiger charge is 2.22. The molecule has 98 valence electrons. The zero-order chi connectivity index (χ0) is 13.0. The lowest BCUT2D eigenvalue weighted by Gasteiger charge is -2.26. The molecule has 0 spiro atoms. The molecule has 1 aromatic heterocycles. The third-order valence-corrected chi connectivity index (χ3v) is 4.12. The number of methoxy groups -OCH3 is 1. The van der Waals surface area contributed by atoms with E-state index in [-0.39, 0.29) is 11.9 Å². The van der Waals surface area contributed by atoms with Crippen molar-refractivity contribution in [1.82, 2.24) is 10.3 Å². The molecule has 2 rings (SSSR count). The van der Waals surface area contributed by atoms with Crippen LogP contribution in [0, 0.1) is 0 Å². The van der Waals surface area contributed by atoms with Crippen LogP contribution in [0.3, 0.4) is 0 Å². The van der Waals surface area contributed by atoms with Crippen molar-refractivity contribution >= 4 is 21.8 Å². The maximum absolute atomic E-state index is 12.1. The number of hydrogen-bond acceptors (Lipinski definition) is 3. The minimum absolute atomic E-state index is 0.0991. The van der Waals surface area contributed by atoms with Crippen molar-refractivity contribution in [2.45, 2.75) is 36.6 Å². The molecule has 1 fully saturated rings. The monoisotopic (exact) mass is 312 g/mol. The Hall–Kier alpha value is -1.10. The van der Waals surface area contributed by atoms with Crippen molar-refractivity contribution in [3.63, 3.8) is 0 Å². The van der Waals surface area contributed by atoms with E-state index in [0.29, 0.717) is 16.3 Å². The summed E-state index contributed by atoms with van der Waals surface area (Å²) < 4.78 is 5.09. The van der Waals surface area contributed by atoms with Crippen LogP contribution in [0.4, 0.5) is 0 Å². The lowest BCUT2D eigenvalue weighted by molar-refractivity contribution is 0.0924. The molecule has 0 bridgehead atoms. The van der Waals surface area contributed by atoms with Gasteiger partial charge in [-0.3, -0.25) is 4.79 Å². The second kappa shape index (κ2) is 6.18. The molecule has 1 aliphatic rings. The molecule has 18 heavy (non-hydrogen) atoms. The number of carbonyl (C=O) groups excluding carboxylic acids is 1. The number of carbonyl (C=O) groups is 1. The fraction of sp³-hybridized carbons (Fsp3) is 0.538. The van der Waals surface area contributed by atoms with Crippen LogP contribution in [0.5, 0.6) is 5.88 Å². The highest BCUT2D eigenvalue weighted by molar-refractivity contribution is 9.09. The van der Waals surface area contributed by atoms with Crippen molar-refractivity contribution < 1.29 is 9.53 Å². The maximum Gasteiger partial charge on any atom is 0.256 e. The molecule has 1 aliphatic carbocycles. The number of pyridine rings is 1. The Morgan fingerprint density at radius 2 is 2.17 bits per heavy atom. The van der Waals surface area contributed by atoms with Gasteiger partial charge in [0.05, 0.1) is 7.11 Å². The molecule has 1 amide bonds. The number of amides is 1. The van der Waals surface area contributed by atoms with Crippen LogP contribution in [0.2, 0.25) is 0 Å². The van der Waals surface area contributed by atoms with E-state index in [0.717, 1.165) is 25.7 Å². The minimum atomic E-state index is -0.0991. The summed E-state index contributed by atoms with van der Waals surface area (Å²) >= 11 is 3.61. The number of aromatic nitrogens is 1. The summed E-state index contributed by atoms with van der Waals surface area (Å²) in [6.45, 7) is 0. The van der Waals surface area contributed by atoms with Crippen LogP contribution in [0.25, 0.3) is 0 Å². The van der Waals surface area contributed by atoms with Crippen LogP contribution >= 0.6 is 15.9 Å². The van der Waals surface area contributed by atoms with Crippen LogP contribution in [0.15, 0.2) is 18.3 Å². The van der Waals surface area contributed by atoms with Gasteiger partial charge in [-0.15, -0.1) is 0 Å². The fourth-order valence-electron chi connectivity index (χ4n) is 2.19. The van der Waals surface area contributed by atoms with E-state index < -0.39 is 0 Å². The van der Waals surface area contributed by atoms with Gasteiger partial charge in [-0.25, -0.2) is 4.98 Å².